The second-order valence-electron chi connectivity index (χ2n) is 8.18. The molecule has 1 aliphatic carbocycles. The van der Waals surface area contributed by atoms with E-state index in [4.69, 9.17) is 0 Å². The third-order valence-corrected chi connectivity index (χ3v) is 6.37. The predicted octanol–water partition coefficient (Wildman–Crippen LogP) is 2.89. The third-order valence-electron chi connectivity index (χ3n) is 6.37. The van der Waals surface area contributed by atoms with Gasteiger partial charge in [-0.25, -0.2) is 4.98 Å². The summed E-state index contributed by atoms with van der Waals surface area (Å²) in [7, 11) is 0. The fraction of sp³-hybridized carbons (Fsp3) is 0.409. The molecule has 144 valence electrons. The lowest BCUT2D eigenvalue weighted by Gasteiger charge is -2.19. The lowest BCUT2D eigenvalue weighted by molar-refractivity contribution is -0.125. The molecule has 2 aliphatic heterocycles. The Kier molecular flexibility index (Phi) is 4.26. The van der Waals surface area contributed by atoms with Crippen LogP contribution < -0.4 is 5.32 Å². The van der Waals surface area contributed by atoms with Crippen LogP contribution in [-0.2, 0) is 16.0 Å². The zero-order valence-corrected chi connectivity index (χ0v) is 15.8. The summed E-state index contributed by atoms with van der Waals surface area (Å²) in [5, 5.41) is 2.78. The summed E-state index contributed by atoms with van der Waals surface area (Å²) in [5.41, 5.74) is 1.93. The molecule has 2 amide bonds. The van der Waals surface area contributed by atoms with Crippen molar-refractivity contribution in [3.63, 3.8) is 0 Å². The number of amides is 2. The maximum atomic E-state index is 12.6. The van der Waals surface area contributed by atoms with E-state index in [0.29, 0.717) is 36.5 Å². The van der Waals surface area contributed by atoms with Crippen molar-refractivity contribution < 1.29 is 9.59 Å². The molecule has 0 radical (unpaired) electrons. The van der Waals surface area contributed by atoms with Gasteiger partial charge >= 0.3 is 0 Å². The maximum Gasteiger partial charge on any atom is 0.246 e. The summed E-state index contributed by atoms with van der Waals surface area (Å²) in [4.78, 5) is 30.4. The number of hydrogen-bond acceptors (Lipinski definition) is 3. The van der Waals surface area contributed by atoms with Crippen molar-refractivity contribution in [3.05, 3.63) is 54.0 Å². The zero-order valence-electron chi connectivity index (χ0n) is 15.8. The summed E-state index contributed by atoms with van der Waals surface area (Å²) < 4.78 is 2.32. The Morgan fingerprint density at radius 3 is 2.64 bits per heavy atom. The molecule has 2 aromatic rings. The van der Waals surface area contributed by atoms with Crippen molar-refractivity contribution >= 4 is 23.7 Å². The average molecular weight is 376 g/mol. The minimum Gasteiger partial charge on any atom is -0.351 e. The van der Waals surface area contributed by atoms with Gasteiger partial charge in [0.25, 0.3) is 0 Å². The Labute approximate surface area is 164 Å². The zero-order chi connectivity index (χ0) is 19.1. The van der Waals surface area contributed by atoms with Crippen molar-refractivity contribution in [1.82, 2.24) is 14.5 Å². The van der Waals surface area contributed by atoms with Crippen LogP contribution in [0.25, 0.3) is 6.08 Å². The molecule has 2 unspecified atom stereocenters. The second-order valence-corrected chi connectivity index (χ2v) is 8.18. The van der Waals surface area contributed by atoms with Crippen molar-refractivity contribution in [2.75, 3.05) is 18.4 Å². The summed E-state index contributed by atoms with van der Waals surface area (Å²) in [6.07, 6.45) is 13.0. The van der Waals surface area contributed by atoms with Gasteiger partial charge in [0, 0.05) is 50.2 Å². The Balaban J connectivity index is 1.20. The summed E-state index contributed by atoms with van der Waals surface area (Å²) in [6.45, 7) is 1.72. The number of nitrogens with one attached hydrogen (secondary N) is 1. The fourth-order valence-electron chi connectivity index (χ4n) is 4.92. The van der Waals surface area contributed by atoms with Gasteiger partial charge in [-0.1, -0.05) is 0 Å². The van der Waals surface area contributed by atoms with Crippen molar-refractivity contribution in [2.24, 2.45) is 11.8 Å². The number of carbonyl (C=O) groups is 2. The van der Waals surface area contributed by atoms with Gasteiger partial charge in [0.2, 0.25) is 11.8 Å². The van der Waals surface area contributed by atoms with Gasteiger partial charge in [0.05, 0.1) is 0 Å². The Morgan fingerprint density at radius 1 is 1.14 bits per heavy atom. The molecule has 0 bridgehead atoms. The van der Waals surface area contributed by atoms with E-state index in [9.17, 15) is 9.59 Å². The number of aromatic nitrogens is 2. The van der Waals surface area contributed by atoms with Crippen LogP contribution in [0, 0.1) is 11.8 Å². The number of hydrogen-bond donors (Lipinski definition) is 1. The van der Waals surface area contributed by atoms with Gasteiger partial charge in [-0.3, -0.25) is 9.59 Å². The number of rotatable bonds is 3. The highest BCUT2D eigenvalue weighted by molar-refractivity contribution is 5.94. The lowest BCUT2D eigenvalue weighted by Crippen LogP contribution is -2.28. The minimum atomic E-state index is 0.0112. The van der Waals surface area contributed by atoms with E-state index < -0.39 is 0 Å². The molecule has 2 fully saturated rings. The first kappa shape index (κ1) is 17.2. The molecule has 3 aliphatic rings. The molecule has 4 heterocycles. The second kappa shape index (κ2) is 6.93. The van der Waals surface area contributed by atoms with E-state index in [0.717, 1.165) is 37.1 Å². The van der Waals surface area contributed by atoms with Crippen molar-refractivity contribution in [2.45, 2.75) is 31.7 Å². The highest BCUT2D eigenvalue weighted by atomic mass is 16.2. The standard InChI is InChI=1S/C22H24N4O2/c27-20-5-4-16-9-15(12-23-22(16)24-20)3-6-21(28)26-13-17-10-19(11-18(17)14-26)25-7-1-2-8-25/h1-3,6-9,12,17-19H,4-5,10-11,13-14H2,(H,23,24,27)/b6-3+. The number of aryl methyl sites for hydroxylation is 1. The molecule has 1 saturated heterocycles. The summed E-state index contributed by atoms with van der Waals surface area (Å²) in [5.74, 6) is 1.96. The molecule has 6 heteroatoms. The minimum absolute atomic E-state index is 0.0112. The monoisotopic (exact) mass is 376 g/mol. The van der Waals surface area contributed by atoms with E-state index in [2.05, 4.69) is 39.4 Å². The van der Waals surface area contributed by atoms with E-state index in [1.807, 2.05) is 17.0 Å². The smallest absolute Gasteiger partial charge is 0.246 e. The van der Waals surface area contributed by atoms with E-state index >= 15 is 0 Å². The van der Waals surface area contributed by atoms with Gasteiger partial charge in [-0.15, -0.1) is 0 Å². The fourth-order valence-corrected chi connectivity index (χ4v) is 4.92. The molecular weight excluding hydrogens is 352 g/mol. The maximum absolute atomic E-state index is 12.6. The van der Waals surface area contributed by atoms with E-state index in [-0.39, 0.29) is 11.8 Å². The Morgan fingerprint density at radius 2 is 1.89 bits per heavy atom. The van der Waals surface area contributed by atoms with Gasteiger partial charge in [0.15, 0.2) is 0 Å². The topological polar surface area (TPSA) is 67.2 Å². The molecule has 5 rings (SSSR count). The van der Waals surface area contributed by atoms with Crippen LogP contribution in [0.5, 0.6) is 0 Å². The van der Waals surface area contributed by atoms with Gasteiger partial charge < -0.3 is 14.8 Å². The SMILES string of the molecule is O=C1CCc2cc(/C=C/C(=O)N3CC4CC(n5cccc5)CC4C3)cnc2N1. The highest BCUT2D eigenvalue weighted by Gasteiger charge is 2.42. The van der Waals surface area contributed by atoms with Crippen LogP contribution in [0.1, 0.15) is 36.4 Å². The van der Waals surface area contributed by atoms with Crippen molar-refractivity contribution in [1.29, 1.82) is 0 Å². The molecule has 1 saturated carbocycles. The predicted molar refractivity (Wildman–Crippen MR) is 106 cm³/mol. The molecule has 6 nitrogen and oxygen atoms in total. The number of pyridine rings is 1. The molecule has 2 atom stereocenters. The largest absolute Gasteiger partial charge is 0.351 e. The van der Waals surface area contributed by atoms with Crippen LogP contribution in [0.2, 0.25) is 0 Å². The van der Waals surface area contributed by atoms with Gasteiger partial charge in [-0.2, -0.15) is 0 Å². The van der Waals surface area contributed by atoms with E-state index in [1.54, 1.807) is 12.3 Å². The lowest BCUT2D eigenvalue weighted by atomic mass is 10.0. The highest BCUT2D eigenvalue weighted by Crippen LogP contribution is 2.43. The third kappa shape index (κ3) is 3.23. The molecule has 28 heavy (non-hydrogen) atoms. The average Bonchev–Trinajstić information content (AvgIpc) is 3.41. The Bertz CT molecular complexity index is 920. The summed E-state index contributed by atoms with van der Waals surface area (Å²) >= 11 is 0. The van der Waals surface area contributed by atoms with Crippen LogP contribution in [0.4, 0.5) is 5.82 Å². The van der Waals surface area contributed by atoms with Crippen LogP contribution in [-0.4, -0.2) is 39.4 Å². The number of carbonyl (C=O) groups excluding carboxylic acids is 2. The number of likely N-dealkylation sites (tertiary alicyclic amines) is 1. The van der Waals surface area contributed by atoms with Gasteiger partial charge in [-0.05, 0) is 66.5 Å². The first-order valence-corrected chi connectivity index (χ1v) is 10.0. The normalized spacial score (nSPS) is 26.4. The molecule has 2 aromatic heterocycles. The molecular formula is C22H24N4O2. The van der Waals surface area contributed by atoms with Gasteiger partial charge in [0.1, 0.15) is 5.82 Å². The van der Waals surface area contributed by atoms with Crippen LogP contribution in [0.15, 0.2) is 42.9 Å². The molecule has 0 spiro atoms. The van der Waals surface area contributed by atoms with E-state index in [1.165, 1.54) is 0 Å². The van der Waals surface area contributed by atoms with Crippen LogP contribution in [0.3, 0.4) is 0 Å². The first-order chi connectivity index (χ1) is 13.7. The first-order valence-electron chi connectivity index (χ1n) is 10.0. The van der Waals surface area contributed by atoms with Crippen molar-refractivity contribution in [3.8, 4) is 0 Å². The number of anilines is 1. The Hall–Kier alpha value is -2.89. The summed E-state index contributed by atoms with van der Waals surface area (Å²) in [6, 6.07) is 6.75. The number of nitrogens with zero attached hydrogens (tertiary/aromatic N) is 3. The number of fused-ring (bicyclic) bond motifs is 2. The molecule has 0 aromatic carbocycles. The van der Waals surface area contributed by atoms with Crippen LogP contribution >= 0.6 is 0 Å². The quantitative estimate of drug-likeness (QED) is 0.838. The molecule has 1 N–H and O–H groups in total.